The number of nitrogens with one attached hydrogen (secondary N) is 2. The van der Waals surface area contributed by atoms with Gasteiger partial charge < -0.3 is 14.7 Å². The molecule has 0 fully saturated rings. The number of aryl methyl sites for hydroxylation is 1. The highest BCUT2D eigenvalue weighted by molar-refractivity contribution is 5.88. The second-order valence-corrected chi connectivity index (χ2v) is 4.03. The van der Waals surface area contributed by atoms with Crippen molar-refractivity contribution in [1.29, 1.82) is 0 Å². The number of nitrogens with zero attached hydrogens (tertiary/aromatic N) is 5. The predicted octanol–water partition coefficient (Wildman–Crippen LogP) is 0.191. The average Bonchev–Trinajstić information content (AvgIpc) is 2.97. The molecule has 2 N–H and O–H groups in total. The molecule has 2 aromatic heterocycles. The van der Waals surface area contributed by atoms with Crippen LogP contribution in [0.4, 0.5) is 16.6 Å². The summed E-state index contributed by atoms with van der Waals surface area (Å²) >= 11 is 0. The minimum absolute atomic E-state index is 0.157. The lowest BCUT2D eigenvalue weighted by Gasteiger charge is -2.05. The number of anilines is 2. The van der Waals surface area contributed by atoms with Gasteiger partial charge in [0.25, 0.3) is 5.95 Å². The van der Waals surface area contributed by atoms with Crippen molar-refractivity contribution in [3.63, 3.8) is 0 Å². The van der Waals surface area contributed by atoms with E-state index in [1.807, 2.05) is 0 Å². The SMILES string of the molecule is CN(C)c1noc(CNC(=O)Nc2ccnn2C)n1. The van der Waals surface area contributed by atoms with Gasteiger partial charge in [0.1, 0.15) is 5.82 Å². The van der Waals surface area contributed by atoms with Crippen LogP contribution in [0.3, 0.4) is 0 Å². The molecule has 0 bridgehead atoms. The third-order valence-corrected chi connectivity index (χ3v) is 2.32. The molecule has 0 atom stereocenters. The minimum atomic E-state index is -0.367. The first-order chi connectivity index (χ1) is 9.06. The van der Waals surface area contributed by atoms with Gasteiger partial charge in [0.15, 0.2) is 0 Å². The molecule has 2 heterocycles. The zero-order valence-electron chi connectivity index (χ0n) is 10.9. The lowest BCUT2D eigenvalue weighted by atomic mass is 10.6. The molecule has 102 valence electrons. The molecule has 2 aromatic rings. The van der Waals surface area contributed by atoms with Crippen LogP contribution in [0.15, 0.2) is 16.8 Å². The van der Waals surface area contributed by atoms with Crippen LogP contribution in [0.1, 0.15) is 5.89 Å². The Kier molecular flexibility index (Phi) is 3.64. The van der Waals surface area contributed by atoms with Gasteiger partial charge in [-0.3, -0.25) is 10.00 Å². The van der Waals surface area contributed by atoms with Gasteiger partial charge in [-0.05, 0) is 5.16 Å². The molecule has 0 aliphatic carbocycles. The van der Waals surface area contributed by atoms with Gasteiger partial charge in [-0.1, -0.05) is 0 Å². The zero-order valence-corrected chi connectivity index (χ0v) is 10.9. The molecule has 0 saturated carbocycles. The maximum absolute atomic E-state index is 11.6. The fraction of sp³-hybridized carbons (Fsp3) is 0.400. The Hall–Kier alpha value is -2.58. The molecule has 2 amide bonds. The molecule has 9 nitrogen and oxygen atoms in total. The summed E-state index contributed by atoms with van der Waals surface area (Å²) in [5, 5.41) is 12.9. The summed E-state index contributed by atoms with van der Waals surface area (Å²) in [6, 6.07) is 1.32. The van der Waals surface area contributed by atoms with E-state index >= 15 is 0 Å². The number of aromatic nitrogens is 4. The summed E-state index contributed by atoms with van der Waals surface area (Å²) in [6.07, 6.45) is 1.59. The lowest BCUT2D eigenvalue weighted by Crippen LogP contribution is -2.29. The summed E-state index contributed by atoms with van der Waals surface area (Å²) in [5.41, 5.74) is 0. The molecule has 9 heteroatoms. The topological polar surface area (TPSA) is 101 Å². The Labute approximate surface area is 109 Å². The van der Waals surface area contributed by atoms with Gasteiger partial charge >= 0.3 is 6.03 Å². The number of rotatable bonds is 4. The standard InChI is InChI=1S/C10H15N7O2/c1-16(2)9-14-8(19-15-9)6-11-10(18)13-7-4-5-12-17(7)3/h4-5H,6H2,1-3H3,(H2,11,13,18). The highest BCUT2D eigenvalue weighted by Crippen LogP contribution is 2.05. The highest BCUT2D eigenvalue weighted by Gasteiger charge is 2.10. The van der Waals surface area contributed by atoms with Crippen molar-refractivity contribution in [2.45, 2.75) is 6.54 Å². The minimum Gasteiger partial charge on any atom is -0.344 e. The van der Waals surface area contributed by atoms with E-state index in [1.54, 1.807) is 43.0 Å². The van der Waals surface area contributed by atoms with Crippen molar-refractivity contribution >= 4 is 17.8 Å². The summed E-state index contributed by atoms with van der Waals surface area (Å²) in [7, 11) is 5.34. The van der Waals surface area contributed by atoms with Crippen LogP contribution in [0.2, 0.25) is 0 Å². The Morgan fingerprint density at radius 1 is 1.53 bits per heavy atom. The smallest absolute Gasteiger partial charge is 0.320 e. The molecule has 19 heavy (non-hydrogen) atoms. The van der Waals surface area contributed by atoms with Crippen LogP contribution in [0, 0.1) is 0 Å². The van der Waals surface area contributed by atoms with E-state index in [1.165, 1.54) is 0 Å². The van der Waals surface area contributed by atoms with Gasteiger partial charge in [0.05, 0.1) is 12.7 Å². The van der Waals surface area contributed by atoms with Gasteiger partial charge in [0.2, 0.25) is 5.89 Å². The van der Waals surface area contributed by atoms with Gasteiger partial charge in [0, 0.05) is 27.2 Å². The molecule has 0 aliphatic rings. The average molecular weight is 265 g/mol. The van der Waals surface area contributed by atoms with E-state index in [-0.39, 0.29) is 12.6 Å². The third-order valence-electron chi connectivity index (χ3n) is 2.32. The van der Waals surface area contributed by atoms with E-state index in [0.29, 0.717) is 17.7 Å². The number of amides is 2. The van der Waals surface area contributed by atoms with E-state index < -0.39 is 0 Å². The number of hydrogen-bond donors (Lipinski definition) is 2. The molecule has 2 rings (SSSR count). The Morgan fingerprint density at radius 2 is 2.32 bits per heavy atom. The zero-order chi connectivity index (χ0) is 13.8. The summed E-state index contributed by atoms with van der Waals surface area (Å²) in [4.78, 5) is 17.4. The molecule has 0 saturated heterocycles. The Morgan fingerprint density at radius 3 is 2.89 bits per heavy atom. The lowest BCUT2D eigenvalue weighted by molar-refractivity contribution is 0.249. The largest absolute Gasteiger partial charge is 0.344 e. The predicted molar refractivity (Wildman–Crippen MR) is 67.7 cm³/mol. The van der Waals surface area contributed by atoms with Crippen LogP contribution in [-0.2, 0) is 13.6 Å². The maximum Gasteiger partial charge on any atom is 0.320 e. The van der Waals surface area contributed by atoms with Gasteiger partial charge in [-0.25, -0.2) is 4.79 Å². The van der Waals surface area contributed by atoms with Crippen molar-refractivity contribution in [3.05, 3.63) is 18.2 Å². The van der Waals surface area contributed by atoms with E-state index in [4.69, 9.17) is 4.52 Å². The van der Waals surface area contributed by atoms with Crippen LogP contribution < -0.4 is 15.5 Å². The third kappa shape index (κ3) is 3.21. The van der Waals surface area contributed by atoms with Crippen molar-refractivity contribution < 1.29 is 9.32 Å². The number of hydrogen-bond acceptors (Lipinski definition) is 6. The number of carbonyl (C=O) groups excluding carboxylic acids is 1. The Balaban J connectivity index is 1.84. The van der Waals surface area contributed by atoms with E-state index in [0.717, 1.165) is 0 Å². The number of carbonyl (C=O) groups is 1. The first-order valence-corrected chi connectivity index (χ1v) is 5.59. The summed E-state index contributed by atoms with van der Waals surface area (Å²) < 4.78 is 6.52. The number of urea groups is 1. The van der Waals surface area contributed by atoms with Crippen molar-refractivity contribution in [3.8, 4) is 0 Å². The monoisotopic (exact) mass is 265 g/mol. The quantitative estimate of drug-likeness (QED) is 0.818. The van der Waals surface area contributed by atoms with Crippen molar-refractivity contribution in [2.75, 3.05) is 24.3 Å². The maximum atomic E-state index is 11.6. The Bertz CT molecular complexity index is 560. The molecule has 0 aliphatic heterocycles. The van der Waals surface area contributed by atoms with Crippen LogP contribution >= 0.6 is 0 Å². The van der Waals surface area contributed by atoms with Crippen molar-refractivity contribution in [2.24, 2.45) is 7.05 Å². The molecular weight excluding hydrogens is 250 g/mol. The van der Waals surface area contributed by atoms with Crippen LogP contribution in [0.25, 0.3) is 0 Å². The fourth-order valence-corrected chi connectivity index (χ4v) is 1.31. The molecule has 0 aromatic carbocycles. The second kappa shape index (κ2) is 5.38. The first-order valence-electron chi connectivity index (χ1n) is 5.59. The van der Waals surface area contributed by atoms with Crippen LogP contribution in [-0.4, -0.2) is 40.0 Å². The second-order valence-electron chi connectivity index (χ2n) is 4.03. The van der Waals surface area contributed by atoms with E-state index in [2.05, 4.69) is 25.9 Å². The van der Waals surface area contributed by atoms with Crippen molar-refractivity contribution in [1.82, 2.24) is 25.2 Å². The van der Waals surface area contributed by atoms with Gasteiger partial charge in [-0.15, -0.1) is 0 Å². The van der Waals surface area contributed by atoms with Gasteiger partial charge in [-0.2, -0.15) is 10.1 Å². The van der Waals surface area contributed by atoms with Crippen LogP contribution in [0.5, 0.6) is 0 Å². The summed E-state index contributed by atoms with van der Waals surface area (Å²) in [6.45, 7) is 0.157. The fourth-order valence-electron chi connectivity index (χ4n) is 1.31. The molecule has 0 spiro atoms. The molecule has 0 radical (unpaired) electrons. The summed E-state index contributed by atoms with van der Waals surface area (Å²) in [5.74, 6) is 1.39. The molecular formula is C10H15N7O2. The highest BCUT2D eigenvalue weighted by atomic mass is 16.5. The van der Waals surface area contributed by atoms with E-state index in [9.17, 15) is 4.79 Å². The normalized spacial score (nSPS) is 10.3. The molecule has 0 unspecified atom stereocenters. The first kappa shape index (κ1) is 12.9.